The van der Waals surface area contributed by atoms with Crippen LogP contribution in [0.5, 0.6) is 0 Å². The zero-order valence-electron chi connectivity index (χ0n) is 21.6. The molecule has 0 saturated heterocycles. The number of hydrogen-bond donors (Lipinski definition) is 0. The Hall–Kier alpha value is -3.87. The number of esters is 2. The van der Waals surface area contributed by atoms with Gasteiger partial charge in [-0.05, 0) is 45.4 Å². The molecule has 1 aliphatic heterocycles. The predicted molar refractivity (Wildman–Crippen MR) is 139 cm³/mol. The molecule has 0 N–H and O–H groups in total. The summed E-state index contributed by atoms with van der Waals surface area (Å²) < 4.78 is 13.2. The monoisotopic (exact) mass is 487 g/mol. The number of rotatable bonds is 8. The van der Waals surface area contributed by atoms with E-state index in [-0.39, 0.29) is 13.2 Å². The molecular formula is C29H33N3O4. The van der Waals surface area contributed by atoms with Crippen LogP contribution in [0.25, 0.3) is 11.0 Å². The number of carbonyl (C=O) groups is 2. The number of aromatic nitrogens is 2. The Balaban J connectivity index is 1.94. The standard InChI is InChI=1S/C29H33N3O4/c1-6-24-30-22-16-12-13-17-23(22)32(24)18-31-19(4)25(28(33)35-7-2)27(21-14-10-9-11-15-21)26(20(31)5)29(34)36-8-3/h9-17,27H,6-8,18H2,1-5H3. The molecule has 4 rings (SSSR count). The molecule has 0 spiro atoms. The van der Waals surface area contributed by atoms with Crippen molar-refractivity contribution in [2.24, 2.45) is 0 Å². The molecule has 0 saturated carbocycles. The molecule has 3 aromatic rings. The lowest BCUT2D eigenvalue weighted by atomic mass is 9.80. The third-order valence-corrected chi connectivity index (χ3v) is 6.62. The maximum absolute atomic E-state index is 13.4. The third-order valence-electron chi connectivity index (χ3n) is 6.62. The van der Waals surface area contributed by atoms with Crippen molar-refractivity contribution in [3.8, 4) is 0 Å². The van der Waals surface area contributed by atoms with E-state index in [0.717, 1.165) is 40.2 Å². The molecule has 0 fully saturated rings. The second-order valence-corrected chi connectivity index (χ2v) is 8.65. The van der Waals surface area contributed by atoms with Crippen molar-refractivity contribution >= 4 is 23.0 Å². The van der Waals surface area contributed by atoms with E-state index in [1.807, 2.05) is 73.3 Å². The molecule has 1 aromatic heterocycles. The van der Waals surface area contributed by atoms with E-state index < -0.39 is 17.9 Å². The average Bonchev–Trinajstić information content (AvgIpc) is 3.24. The molecule has 0 atom stereocenters. The van der Waals surface area contributed by atoms with E-state index in [9.17, 15) is 9.59 Å². The van der Waals surface area contributed by atoms with Gasteiger partial charge in [0.1, 0.15) is 12.5 Å². The Morgan fingerprint density at radius 2 is 1.39 bits per heavy atom. The smallest absolute Gasteiger partial charge is 0.336 e. The highest BCUT2D eigenvalue weighted by Gasteiger charge is 2.40. The third kappa shape index (κ3) is 4.53. The van der Waals surface area contributed by atoms with E-state index in [4.69, 9.17) is 14.5 Å². The Morgan fingerprint density at radius 1 is 0.833 bits per heavy atom. The normalized spacial score (nSPS) is 14.5. The Morgan fingerprint density at radius 3 is 1.94 bits per heavy atom. The molecule has 2 aromatic carbocycles. The minimum absolute atomic E-state index is 0.237. The van der Waals surface area contributed by atoms with Crippen LogP contribution in [0.4, 0.5) is 0 Å². The molecule has 1 aliphatic rings. The van der Waals surface area contributed by atoms with Gasteiger partial charge in [0, 0.05) is 17.8 Å². The van der Waals surface area contributed by atoms with Crippen LogP contribution >= 0.6 is 0 Å². The molecular weight excluding hydrogens is 454 g/mol. The number of imidazole rings is 1. The molecule has 7 heteroatoms. The lowest BCUT2D eigenvalue weighted by Gasteiger charge is -2.38. The summed E-state index contributed by atoms with van der Waals surface area (Å²) in [6.07, 6.45) is 0.746. The van der Waals surface area contributed by atoms with Gasteiger partial charge in [-0.25, -0.2) is 14.6 Å². The van der Waals surface area contributed by atoms with E-state index in [0.29, 0.717) is 17.8 Å². The van der Waals surface area contributed by atoms with Gasteiger partial charge in [-0.2, -0.15) is 0 Å². The summed E-state index contributed by atoms with van der Waals surface area (Å²) in [7, 11) is 0. The highest BCUT2D eigenvalue weighted by Crippen LogP contribution is 2.43. The Labute approximate surface area is 212 Å². The summed E-state index contributed by atoms with van der Waals surface area (Å²) >= 11 is 0. The van der Waals surface area contributed by atoms with Crippen molar-refractivity contribution in [3.63, 3.8) is 0 Å². The van der Waals surface area contributed by atoms with Crippen molar-refractivity contribution in [3.05, 3.63) is 88.5 Å². The molecule has 0 bridgehead atoms. The van der Waals surface area contributed by atoms with Crippen LogP contribution < -0.4 is 0 Å². The maximum atomic E-state index is 13.4. The predicted octanol–water partition coefficient (Wildman–Crippen LogP) is 5.33. The molecule has 2 heterocycles. The van der Waals surface area contributed by atoms with E-state index in [1.165, 1.54) is 0 Å². The van der Waals surface area contributed by atoms with Gasteiger partial charge in [-0.3, -0.25) is 0 Å². The zero-order chi connectivity index (χ0) is 25.8. The van der Waals surface area contributed by atoms with Gasteiger partial charge in [-0.1, -0.05) is 49.4 Å². The number of carbonyl (C=O) groups excluding carboxylic acids is 2. The fourth-order valence-electron chi connectivity index (χ4n) is 4.94. The fraction of sp³-hybridized carbons (Fsp3) is 0.345. The summed E-state index contributed by atoms with van der Waals surface area (Å²) in [4.78, 5) is 33.6. The number of nitrogens with zero attached hydrogens (tertiary/aromatic N) is 3. The van der Waals surface area contributed by atoms with Crippen LogP contribution in [-0.4, -0.2) is 39.6 Å². The molecule has 36 heavy (non-hydrogen) atoms. The lowest BCUT2D eigenvalue weighted by molar-refractivity contribution is -0.139. The number of aryl methyl sites for hydroxylation is 1. The van der Waals surface area contributed by atoms with Gasteiger partial charge in [-0.15, -0.1) is 0 Å². The largest absolute Gasteiger partial charge is 0.463 e. The van der Waals surface area contributed by atoms with Crippen molar-refractivity contribution in [2.75, 3.05) is 13.2 Å². The van der Waals surface area contributed by atoms with Crippen LogP contribution in [0, 0.1) is 0 Å². The lowest BCUT2D eigenvalue weighted by Crippen LogP contribution is -2.36. The van der Waals surface area contributed by atoms with E-state index in [1.54, 1.807) is 13.8 Å². The van der Waals surface area contributed by atoms with Gasteiger partial charge in [0.05, 0.1) is 41.3 Å². The van der Waals surface area contributed by atoms with Crippen LogP contribution in [0.15, 0.2) is 77.1 Å². The molecule has 0 radical (unpaired) electrons. The summed E-state index contributed by atoms with van der Waals surface area (Å²) in [5.41, 5.74) is 5.12. The molecule has 0 unspecified atom stereocenters. The number of ether oxygens (including phenoxy) is 2. The summed E-state index contributed by atoms with van der Waals surface area (Å²) in [6.45, 7) is 10.3. The summed E-state index contributed by atoms with van der Waals surface area (Å²) in [6, 6.07) is 17.6. The first-order valence-corrected chi connectivity index (χ1v) is 12.4. The number of allylic oxidation sites excluding steroid dienone is 2. The Kier molecular flexibility index (Phi) is 7.58. The van der Waals surface area contributed by atoms with Crippen LogP contribution in [0.2, 0.25) is 0 Å². The second kappa shape index (κ2) is 10.8. The van der Waals surface area contributed by atoms with Crippen molar-refractivity contribution in [1.82, 2.24) is 14.5 Å². The minimum atomic E-state index is -0.592. The number of para-hydroxylation sites is 2. The highest BCUT2D eigenvalue weighted by molar-refractivity contribution is 5.99. The summed E-state index contributed by atoms with van der Waals surface area (Å²) in [5.74, 6) is -0.535. The first-order chi connectivity index (χ1) is 17.4. The van der Waals surface area contributed by atoms with Gasteiger partial charge < -0.3 is 18.9 Å². The zero-order valence-corrected chi connectivity index (χ0v) is 21.6. The highest BCUT2D eigenvalue weighted by atomic mass is 16.5. The van der Waals surface area contributed by atoms with Crippen LogP contribution in [0.1, 0.15) is 51.9 Å². The second-order valence-electron chi connectivity index (χ2n) is 8.65. The summed E-state index contributed by atoms with van der Waals surface area (Å²) in [5, 5.41) is 0. The molecule has 0 amide bonds. The van der Waals surface area contributed by atoms with Gasteiger partial charge in [0.15, 0.2) is 0 Å². The number of fused-ring (bicyclic) bond motifs is 1. The van der Waals surface area contributed by atoms with Crippen molar-refractivity contribution in [2.45, 2.75) is 53.6 Å². The van der Waals surface area contributed by atoms with Gasteiger partial charge in [0.25, 0.3) is 0 Å². The van der Waals surface area contributed by atoms with Crippen LogP contribution in [0.3, 0.4) is 0 Å². The number of hydrogen-bond acceptors (Lipinski definition) is 6. The molecule has 0 aliphatic carbocycles. The number of benzene rings is 2. The van der Waals surface area contributed by atoms with Crippen molar-refractivity contribution in [1.29, 1.82) is 0 Å². The van der Waals surface area contributed by atoms with E-state index >= 15 is 0 Å². The quantitative estimate of drug-likeness (QED) is 0.400. The fourth-order valence-corrected chi connectivity index (χ4v) is 4.94. The van der Waals surface area contributed by atoms with Crippen LogP contribution in [-0.2, 0) is 32.2 Å². The Bertz CT molecular complexity index is 1300. The maximum Gasteiger partial charge on any atom is 0.336 e. The van der Waals surface area contributed by atoms with Crippen molar-refractivity contribution < 1.29 is 19.1 Å². The average molecular weight is 488 g/mol. The topological polar surface area (TPSA) is 73.7 Å². The SMILES string of the molecule is CCOC(=O)C1=C(C)N(Cn2c(CC)nc3ccccc32)C(C)=C(C(=O)OCC)C1c1ccccc1. The molecule has 188 valence electrons. The molecule has 7 nitrogen and oxygen atoms in total. The minimum Gasteiger partial charge on any atom is -0.463 e. The van der Waals surface area contributed by atoms with E-state index in [2.05, 4.69) is 11.5 Å². The first kappa shape index (κ1) is 25.2. The van der Waals surface area contributed by atoms with Gasteiger partial charge in [0.2, 0.25) is 0 Å². The van der Waals surface area contributed by atoms with Gasteiger partial charge >= 0.3 is 11.9 Å². The first-order valence-electron chi connectivity index (χ1n) is 12.4.